The summed E-state index contributed by atoms with van der Waals surface area (Å²) in [5, 5.41) is 10.6. The molecule has 1 N–H and O–H groups in total. The summed E-state index contributed by atoms with van der Waals surface area (Å²) in [6, 6.07) is 0. The number of aliphatic hydroxyl groups is 1. The molecule has 1 aliphatic carbocycles. The van der Waals surface area contributed by atoms with Gasteiger partial charge in [0.05, 0.1) is 5.60 Å². The molecule has 3 heterocycles. The van der Waals surface area contributed by atoms with E-state index in [4.69, 9.17) is 9.47 Å². The highest BCUT2D eigenvalue weighted by atomic mass is 16.7. The smallest absolute Gasteiger partial charge is 0.336 e. The van der Waals surface area contributed by atoms with Gasteiger partial charge >= 0.3 is 5.97 Å². The summed E-state index contributed by atoms with van der Waals surface area (Å²) in [6.45, 7) is 5.68. The van der Waals surface area contributed by atoms with E-state index in [1.54, 1.807) is 6.92 Å². The van der Waals surface area contributed by atoms with Gasteiger partial charge in [-0.2, -0.15) is 0 Å². The number of hydrogen-bond donors (Lipinski definition) is 1. The first-order chi connectivity index (χ1) is 8.81. The molecule has 102 valence electrons. The van der Waals surface area contributed by atoms with Crippen molar-refractivity contribution in [3.63, 3.8) is 0 Å². The van der Waals surface area contributed by atoms with Crippen molar-refractivity contribution in [3.8, 4) is 0 Å². The Morgan fingerprint density at radius 1 is 1.37 bits per heavy atom. The molecular formula is C15H18O4. The Labute approximate surface area is 112 Å². The van der Waals surface area contributed by atoms with Crippen LogP contribution in [-0.2, 0) is 14.3 Å². The number of hydrogen-bond acceptors (Lipinski definition) is 4. The molecule has 0 radical (unpaired) electrons. The molecule has 0 aromatic heterocycles. The Kier molecular flexibility index (Phi) is 1.82. The van der Waals surface area contributed by atoms with E-state index in [1.807, 2.05) is 19.9 Å². The Balaban J connectivity index is 1.93. The Morgan fingerprint density at radius 2 is 2.11 bits per heavy atom. The van der Waals surface area contributed by atoms with E-state index < -0.39 is 17.0 Å². The van der Waals surface area contributed by atoms with Crippen LogP contribution in [0.25, 0.3) is 0 Å². The van der Waals surface area contributed by atoms with Gasteiger partial charge in [-0.15, -0.1) is 0 Å². The van der Waals surface area contributed by atoms with E-state index in [0.29, 0.717) is 12.0 Å². The summed E-state index contributed by atoms with van der Waals surface area (Å²) in [6.07, 6.45) is 4.13. The third kappa shape index (κ3) is 1.11. The predicted molar refractivity (Wildman–Crippen MR) is 67.1 cm³/mol. The van der Waals surface area contributed by atoms with Gasteiger partial charge in [-0.1, -0.05) is 0 Å². The van der Waals surface area contributed by atoms with Gasteiger partial charge in [-0.05, 0) is 51.7 Å². The highest BCUT2D eigenvalue weighted by molar-refractivity contribution is 5.93. The zero-order valence-electron chi connectivity index (χ0n) is 11.4. The number of esters is 1. The van der Waals surface area contributed by atoms with Crippen molar-refractivity contribution in [2.45, 2.75) is 57.0 Å². The normalized spacial score (nSPS) is 51.1. The summed E-state index contributed by atoms with van der Waals surface area (Å²) in [5.74, 6) is -1.26. The molecule has 0 aromatic carbocycles. The van der Waals surface area contributed by atoms with Crippen molar-refractivity contribution < 1.29 is 19.4 Å². The number of carbonyl (C=O) groups excluding carboxylic acids is 1. The van der Waals surface area contributed by atoms with Crippen LogP contribution in [0.15, 0.2) is 22.8 Å². The van der Waals surface area contributed by atoms with Crippen LogP contribution < -0.4 is 0 Å². The lowest BCUT2D eigenvalue weighted by Gasteiger charge is -2.44. The van der Waals surface area contributed by atoms with Crippen LogP contribution in [0.3, 0.4) is 0 Å². The van der Waals surface area contributed by atoms with E-state index in [1.165, 1.54) is 0 Å². The third-order valence-electron chi connectivity index (χ3n) is 5.56. The fourth-order valence-corrected chi connectivity index (χ4v) is 4.42. The molecule has 1 saturated heterocycles. The van der Waals surface area contributed by atoms with Gasteiger partial charge in [0.15, 0.2) is 0 Å². The van der Waals surface area contributed by atoms with E-state index in [0.717, 1.165) is 24.0 Å². The maximum Gasteiger partial charge on any atom is 0.336 e. The van der Waals surface area contributed by atoms with Crippen molar-refractivity contribution in [1.29, 1.82) is 0 Å². The molecule has 4 unspecified atom stereocenters. The van der Waals surface area contributed by atoms with E-state index >= 15 is 0 Å². The average molecular weight is 262 g/mol. The first kappa shape index (κ1) is 11.7. The van der Waals surface area contributed by atoms with Crippen molar-refractivity contribution >= 4 is 5.97 Å². The van der Waals surface area contributed by atoms with Gasteiger partial charge in [0.25, 0.3) is 5.79 Å². The molecule has 2 fully saturated rings. The lowest BCUT2D eigenvalue weighted by atomic mass is 9.75. The summed E-state index contributed by atoms with van der Waals surface area (Å²) in [5.41, 5.74) is 1.44. The molecule has 0 aromatic rings. The molecule has 4 aliphatic rings. The summed E-state index contributed by atoms with van der Waals surface area (Å²) < 4.78 is 11.8. The molecule has 0 amide bonds. The van der Waals surface area contributed by atoms with Gasteiger partial charge in [0, 0.05) is 17.1 Å². The minimum atomic E-state index is -0.970. The van der Waals surface area contributed by atoms with Gasteiger partial charge in [0.2, 0.25) is 0 Å². The summed E-state index contributed by atoms with van der Waals surface area (Å²) in [4.78, 5) is 11.9. The second-order valence-electron chi connectivity index (χ2n) is 6.59. The van der Waals surface area contributed by atoms with Crippen molar-refractivity contribution in [3.05, 3.63) is 22.8 Å². The van der Waals surface area contributed by atoms with Crippen LogP contribution in [-0.4, -0.2) is 28.1 Å². The first-order valence-electron chi connectivity index (χ1n) is 6.87. The highest BCUT2D eigenvalue weighted by Gasteiger charge is 2.69. The molecule has 3 aliphatic heterocycles. The van der Waals surface area contributed by atoms with Crippen LogP contribution in [0.5, 0.6) is 0 Å². The molecule has 4 nitrogen and oxygen atoms in total. The third-order valence-corrected chi connectivity index (χ3v) is 5.56. The van der Waals surface area contributed by atoms with E-state index in [2.05, 4.69) is 0 Å². The summed E-state index contributed by atoms with van der Waals surface area (Å²) >= 11 is 0. The van der Waals surface area contributed by atoms with Crippen LogP contribution >= 0.6 is 0 Å². The molecule has 4 heteroatoms. The molecule has 2 spiro atoms. The van der Waals surface area contributed by atoms with Crippen molar-refractivity contribution in [2.24, 2.45) is 5.92 Å². The quantitative estimate of drug-likeness (QED) is 0.534. The molecule has 1 saturated carbocycles. The number of rotatable bonds is 0. The zero-order valence-corrected chi connectivity index (χ0v) is 11.4. The largest absolute Gasteiger partial charge is 0.422 e. The van der Waals surface area contributed by atoms with Gasteiger partial charge in [-0.3, -0.25) is 0 Å². The number of ether oxygens (including phenoxy) is 2. The van der Waals surface area contributed by atoms with Crippen LogP contribution in [0, 0.1) is 5.92 Å². The molecular weight excluding hydrogens is 244 g/mol. The first-order valence-corrected chi connectivity index (χ1v) is 6.87. The predicted octanol–water partition coefficient (Wildman–Crippen LogP) is 1.84. The highest BCUT2D eigenvalue weighted by Crippen LogP contribution is 2.63. The fraction of sp³-hybridized carbons (Fsp3) is 0.667. The molecule has 2 bridgehead atoms. The maximum absolute atomic E-state index is 11.9. The minimum absolute atomic E-state index is 0.00586. The lowest BCUT2D eigenvalue weighted by molar-refractivity contribution is -0.233. The van der Waals surface area contributed by atoms with Crippen molar-refractivity contribution in [2.75, 3.05) is 0 Å². The van der Waals surface area contributed by atoms with Gasteiger partial charge in [0.1, 0.15) is 5.60 Å². The van der Waals surface area contributed by atoms with Crippen LogP contribution in [0.4, 0.5) is 0 Å². The topological polar surface area (TPSA) is 55.8 Å². The molecule has 4 rings (SSSR count). The number of carbonyl (C=O) groups is 1. The van der Waals surface area contributed by atoms with E-state index in [-0.39, 0.29) is 11.9 Å². The second kappa shape index (κ2) is 2.96. The van der Waals surface area contributed by atoms with Crippen LogP contribution in [0.1, 0.15) is 40.0 Å². The Hall–Kier alpha value is -1.13. The SMILES string of the molecule is CC1=CC23OC(=O)C(C)=C2CC2C(C)(O)CCC12O3. The molecule has 19 heavy (non-hydrogen) atoms. The Morgan fingerprint density at radius 3 is 2.84 bits per heavy atom. The standard InChI is InChI=1S/C15H18O4/c1-8-7-15-10(9(2)12(16)18-15)6-11-13(3,17)4-5-14(8,11)19-15/h7,11,17H,4-6H2,1-3H3. The zero-order chi connectivity index (χ0) is 13.6. The van der Waals surface area contributed by atoms with Gasteiger partial charge in [-0.25, -0.2) is 4.79 Å². The fourth-order valence-electron chi connectivity index (χ4n) is 4.42. The van der Waals surface area contributed by atoms with E-state index in [9.17, 15) is 9.90 Å². The monoisotopic (exact) mass is 262 g/mol. The minimum Gasteiger partial charge on any atom is -0.422 e. The molecule has 4 atom stereocenters. The lowest BCUT2D eigenvalue weighted by Crippen LogP contribution is -2.51. The summed E-state index contributed by atoms with van der Waals surface area (Å²) in [7, 11) is 0. The second-order valence-corrected chi connectivity index (χ2v) is 6.59. The van der Waals surface area contributed by atoms with Crippen LogP contribution in [0.2, 0.25) is 0 Å². The average Bonchev–Trinajstić information content (AvgIpc) is 2.81. The Bertz CT molecular complexity index is 571. The maximum atomic E-state index is 11.9. The van der Waals surface area contributed by atoms with Gasteiger partial charge < -0.3 is 14.6 Å². The van der Waals surface area contributed by atoms with Crippen molar-refractivity contribution in [1.82, 2.24) is 0 Å².